The van der Waals surface area contributed by atoms with Crippen LogP contribution in [0.2, 0.25) is 0 Å². The topological polar surface area (TPSA) is 92.7 Å². The molecule has 0 aliphatic carbocycles. The Balaban J connectivity index is 2.24. The number of carbonyl (C=O) groups is 1. The summed E-state index contributed by atoms with van der Waals surface area (Å²) >= 11 is 0. The molecule has 2 N–H and O–H groups in total. The molecule has 122 valence electrons. The molecular formula is C14H18FNO5S. The van der Waals surface area contributed by atoms with E-state index in [-0.39, 0.29) is 29.2 Å². The van der Waals surface area contributed by atoms with E-state index in [0.717, 1.165) is 12.1 Å². The summed E-state index contributed by atoms with van der Waals surface area (Å²) in [6.45, 7) is 5.77. The van der Waals surface area contributed by atoms with E-state index in [2.05, 4.69) is 4.72 Å². The van der Waals surface area contributed by atoms with Crippen molar-refractivity contribution in [1.82, 2.24) is 4.72 Å². The Morgan fingerprint density at radius 2 is 2.14 bits per heavy atom. The van der Waals surface area contributed by atoms with Crippen molar-refractivity contribution in [3.8, 4) is 0 Å². The standard InChI is InChI=1S/C14H18FNO5S/c1-8-10(13(17)18)4-9(5-11(8)15)22(19,20)16-6-12-14(2,3)7-21-12/h4-5,12,16H,6-7H2,1-3H3,(H,17,18). The number of halogens is 1. The van der Waals surface area contributed by atoms with E-state index < -0.39 is 26.7 Å². The van der Waals surface area contributed by atoms with Crippen LogP contribution in [0.5, 0.6) is 0 Å². The van der Waals surface area contributed by atoms with Gasteiger partial charge in [-0.3, -0.25) is 0 Å². The first kappa shape index (κ1) is 16.9. The predicted octanol–water partition coefficient (Wildman–Crippen LogP) is 1.54. The van der Waals surface area contributed by atoms with Crippen LogP contribution in [0.4, 0.5) is 4.39 Å². The molecule has 0 bridgehead atoms. The van der Waals surface area contributed by atoms with Gasteiger partial charge in [0.2, 0.25) is 10.0 Å². The molecule has 6 nitrogen and oxygen atoms in total. The second-order valence-corrected chi connectivity index (χ2v) is 7.79. The maximum atomic E-state index is 13.7. The minimum absolute atomic E-state index is 0.0488. The van der Waals surface area contributed by atoms with E-state index in [1.807, 2.05) is 13.8 Å². The van der Waals surface area contributed by atoms with Crippen LogP contribution < -0.4 is 4.72 Å². The number of benzene rings is 1. The smallest absolute Gasteiger partial charge is 0.336 e. The summed E-state index contributed by atoms with van der Waals surface area (Å²) in [7, 11) is -4.01. The molecule has 2 rings (SSSR count). The zero-order valence-electron chi connectivity index (χ0n) is 12.5. The van der Waals surface area contributed by atoms with E-state index in [9.17, 15) is 17.6 Å². The lowest BCUT2D eigenvalue weighted by Gasteiger charge is -2.44. The molecular weight excluding hydrogens is 313 g/mol. The van der Waals surface area contributed by atoms with Gasteiger partial charge in [-0.15, -0.1) is 0 Å². The molecule has 0 saturated carbocycles. The van der Waals surface area contributed by atoms with Crippen molar-refractivity contribution in [3.05, 3.63) is 29.1 Å². The van der Waals surface area contributed by atoms with Crippen LogP contribution in [0.1, 0.15) is 29.8 Å². The van der Waals surface area contributed by atoms with Crippen LogP contribution in [-0.4, -0.2) is 38.7 Å². The summed E-state index contributed by atoms with van der Waals surface area (Å²) < 4.78 is 45.8. The SMILES string of the molecule is Cc1c(F)cc(S(=O)(=O)NCC2OCC2(C)C)cc1C(=O)O. The molecule has 1 aromatic rings. The maximum absolute atomic E-state index is 13.7. The molecule has 0 radical (unpaired) electrons. The van der Waals surface area contributed by atoms with Gasteiger partial charge in [0.05, 0.1) is 23.2 Å². The van der Waals surface area contributed by atoms with Gasteiger partial charge in [0.25, 0.3) is 0 Å². The van der Waals surface area contributed by atoms with Gasteiger partial charge in [0.15, 0.2) is 0 Å². The number of rotatable bonds is 5. The van der Waals surface area contributed by atoms with Gasteiger partial charge in [-0.1, -0.05) is 13.8 Å². The highest BCUT2D eigenvalue weighted by Crippen LogP contribution is 2.33. The minimum Gasteiger partial charge on any atom is -0.478 e. The fraction of sp³-hybridized carbons (Fsp3) is 0.500. The average molecular weight is 331 g/mol. The lowest BCUT2D eigenvalue weighted by molar-refractivity contribution is -0.162. The average Bonchev–Trinajstić information content (AvgIpc) is 2.40. The zero-order valence-corrected chi connectivity index (χ0v) is 13.3. The van der Waals surface area contributed by atoms with Crippen molar-refractivity contribution < 1.29 is 27.4 Å². The number of carboxylic acid groups (broad SMARTS) is 1. The van der Waals surface area contributed by atoms with Gasteiger partial charge in [-0.25, -0.2) is 22.3 Å². The molecule has 1 atom stereocenters. The Morgan fingerprint density at radius 3 is 2.59 bits per heavy atom. The number of hydrogen-bond donors (Lipinski definition) is 2. The van der Waals surface area contributed by atoms with Crippen molar-refractivity contribution in [2.45, 2.75) is 31.8 Å². The first-order chi connectivity index (χ1) is 10.0. The van der Waals surface area contributed by atoms with E-state index in [0.29, 0.717) is 6.61 Å². The summed E-state index contributed by atoms with van der Waals surface area (Å²) in [6.07, 6.45) is -0.267. The molecule has 0 spiro atoms. The Labute approximate surface area is 128 Å². The summed E-state index contributed by atoms with van der Waals surface area (Å²) in [4.78, 5) is 10.6. The van der Waals surface area contributed by atoms with Gasteiger partial charge in [-0.2, -0.15) is 0 Å². The lowest BCUT2D eigenvalue weighted by Crippen LogP contribution is -2.53. The van der Waals surface area contributed by atoms with Crippen LogP contribution in [0, 0.1) is 18.2 Å². The first-order valence-corrected chi connectivity index (χ1v) is 8.17. The van der Waals surface area contributed by atoms with Gasteiger partial charge >= 0.3 is 5.97 Å². The molecule has 22 heavy (non-hydrogen) atoms. The number of aromatic carboxylic acids is 1. The van der Waals surface area contributed by atoms with Crippen molar-refractivity contribution in [2.75, 3.05) is 13.2 Å². The highest BCUT2D eigenvalue weighted by molar-refractivity contribution is 7.89. The molecule has 1 unspecified atom stereocenters. The highest BCUT2D eigenvalue weighted by Gasteiger charge is 2.40. The molecule has 1 aliphatic heterocycles. The van der Waals surface area contributed by atoms with Gasteiger partial charge in [0, 0.05) is 12.0 Å². The zero-order chi connectivity index (χ0) is 16.7. The fourth-order valence-electron chi connectivity index (χ4n) is 2.17. The van der Waals surface area contributed by atoms with Crippen LogP contribution in [0.15, 0.2) is 17.0 Å². The Bertz CT molecular complexity index is 714. The molecule has 0 amide bonds. The number of ether oxygens (including phenoxy) is 1. The molecule has 1 aliphatic rings. The van der Waals surface area contributed by atoms with E-state index >= 15 is 0 Å². The minimum atomic E-state index is -4.01. The largest absolute Gasteiger partial charge is 0.478 e. The van der Waals surface area contributed by atoms with E-state index in [1.165, 1.54) is 6.92 Å². The summed E-state index contributed by atoms with van der Waals surface area (Å²) in [5, 5.41) is 9.01. The number of nitrogens with one attached hydrogen (secondary N) is 1. The van der Waals surface area contributed by atoms with Crippen molar-refractivity contribution in [2.24, 2.45) is 5.41 Å². The first-order valence-electron chi connectivity index (χ1n) is 6.69. The molecule has 1 aromatic carbocycles. The van der Waals surface area contributed by atoms with Crippen LogP contribution in [0.3, 0.4) is 0 Å². The Hall–Kier alpha value is -1.51. The Kier molecular flexibility index (Phi) is 4.29. The molecule has 8 heteroatoms. The summed E-state index contributed by atoms with van der Waals surface area (Å²) in [6, 6.07) is 1.77. The van der Waals surface area contributed by atoms with Crippen LogP contribution >= 0.6 is 0 Å². The van der Waals surface area contributed by atoms with Gasteiger partial charge in [-0.05, 0) is 24.6 Å². The van der Waals surface area contributed by atoms with E-state index in [4.69, 9.17) is 9.84 Å². The number of sulfonamides is 1. The summed E-state index contributed by atoms with van der Waals surface area (Å²) in [5.41, 5.74) is -0.608. The van der Waals surface area contributed by atoms with Gasteiger partial charge < -0.3 is 9.84 Å². The molecule has 1 heterocycles. The number of carboxylic acids is 1. The predicted molar refractivity (Wildman–Crippen MR) is 76.8 cm³/mol. The van der Waals surface area contributed by atoms with Crippen LogP contribution in [0.25, 0.3) is 0 Å². The Morgan fingerprint density at radius 1 is 1.50 bits per heavy atom. The monoisotopic (exact) mass is 331 g/mol. The third kappa shape index (κ3) is 3.13. The third-order valence-electron chi connectivity index (χ3n) is 3.85. The number of hydrogen-bond acceptors (Lipinski definition) is 4. The molecule has 1 fully saturated rings. The quantitative estimate of drug-likeness (QED) is 0.854. The van der Waals surface area contributed by atoms with E-state index in [1.54, 1.807) is 0 Å². The lowest BCUT2D eigenvalue weighted by atomic mass is 9.83. The maximum Gasteiger partial charge on any atom is 0.336 e. The third-order valence-corrected chi connectivity index (χ3v) is 5.25. The fourth-order valence-corrected chi connectivity index (χ4v) is 3.24. The normalized spacial score (nSPS) is 20.5. The summed E-state index contributed by atoms with van der Waals surface area (Å²) in [5.74, 6) is -2.25. The van der Waals surface area contributed by atoms with Crippen molar-refractivity contribution in [3.63, 3.8) is 0 Å². The van der Waals surface area contributed by atoms with Gasteiger partial charge in [0.1, 0.15) is 5.82 Å². The van der Waals surface area contributed by atoms with Crippen LogP contribution in [-0.2, 0) is 14.8 Å². The second kappa shape index (κ2) is 5.60. The highest BCUT2D eigenvalue weighted by atomic mass is 32.2. The second-order valence-electron chi connectivity index (χ2n) is 6.02. The van der Waals surface area contributed by atoms with Crippen molar-refractivity contribution >= 4 is 16.0 Å². The molecule has 0 aromatic heterocycles. The van der Waals surface area contributed by atoms with Crippen molar-refractivity contribution in [1.29, 1.82) is 0 Å². The molecule has 1 saturated heterocycles.